The number of nitrogens with two attached hydrogens (primary N) is 1. The van der Waals surface area contributed by atoms with E-state index in [0.29, 0.717) is 5.69 Å². The van der Waals surface area contributed by atoms with Gasteiger partial charge in [-0.3, -0.25) is 0 Å². The Morgan fingerprint density at radius 3 is 2.73 bits per heavy atom. The van der Waals surface area contributed by atoms with Crippen molar-refractivity contribution in [1.82, 2.24) is 15.0 Å². The summed E-state index contributed by atoms with van der Waals surface area (Å²) in [6, 6.07) is 9.14. The first kappa shape index (κ1) is 9.82. The maximum atomic E-state index is 8.87. The van der Waals surface area contributed by atoms with Gasteiger partial charge < -0.3 is 10.8 Å². The standard InChI is InChI=1S/C10H12N4O/c11-9(7-15)10-6-14(13-12-10)8-4-2-1-3-5-8/h1-6,9,15H,7,11H2. The molecule has 1 unspecified atom stereocenters. The highest BCUT2D eigenvalue weighted by Gasteiger charge is 2.09. The van der Waals surface area contributed by atoms with Crippen LogP contribution in [0.4, 0.5) is 0 Å². The molecule has 0 aliphatic rings. The van der Waals surface area contributed by atoms with Crippen LogP contribution < -0.4 is 5.73 Å². The number of nitrogens with zero attached hydrogens (tertiary/aromatic N) is 3. The Bertz CT molecular complexity index is 426. The fourth-order valence-electron chi connectivity index (χ4n) is 1.25. The molecule has 0 amide bonds. The average Bonchev–Trinajstić information content (AvgIpc) is 2.78. The Balaban J connectivity index is 2.28. The van der Waals surface area contributed by atoms with Crippen molar-refractivity contribution in [2.75, 3.05) is 6.61 Å². The molecule has 2 aromatic rings. The van der Waals surface area contributed by atoms with Crippen LogP contribution in [-0.2, 0) is 0 Å². The smallest absolute Gasteiger partial charge is 0.102 e. The van der Waals surface area contributed by atoms with Gasteiger partial charge in [-0.2, -0.15) is 0 Å². The first-order valence-electron chi connectivity index (χ1n) is 4.65. The van der Waals surface area contributed by atoms with E-state index in [2.05, 4.69) is 10.3 Å². The quantitative estimate of drug-likeness (QED) is 0.751. The van der Waals surface area contributed by atoms with E-state index in [9.17, 15) is 0 Å². The molecule has 5 nitrogen and oxygen atoms in total. The van der Waals surface area contributed by atoms with Crippen molar-refractivity contribution in [2.45, 2.75) is 6.04 Å². The van der Waals surface area contributed by atoms with E-state index >= 15 is 0 Å². The van der Waals surface area contributed by atoms with Crippen molar-refractivity contribution in [2.24, 2.45) is 5.73 Å². The molecule has 1 aromatic heterocycles. The maximum absolute atomic E-state index is 8.87. The van der Waals surface area contributed by atoms with Crippen LogP contribution in [0.2, 0.25) is 0 Å². The molecule has 0 radical (unpaired) electrons. The number of aromatic nitrogens is 3. The summed E-state index contributed by atoms with van der Waals surface area (Å²) in [6.45, 7) is -0.131. The lowest BCUT2D eigenvalue weighted by molar-refractivity contribution is 0.266. The van der Waals surface area contributed by atoms with E-state index in [1.54, 1.807) is 10.9 Å². The second kappa shape index (κ2) is 4.20. The summed E-state index contributed by atoms with van der Waals surface area (Å²) in [5.74, 6) is 0. The molecule has 0 bridgehead atoms. The first-order valence-corrected chi connectivity index (χ1v) is 4.65. The van der Waals surface area contributed by atoms with Crippen molar-refractivity contribution in [1.29, 1.82) is 0 Å². The van der Waals surface area contributed by atoms with Crippen LogP contribution >= 0.6 is 0 Å². The molecule has 1 atom stereocenters. The molecule has 0 saturated heterocycles. The summed E-state index contributed by atoms with van der Waals surface area (Å²) in [7, 11) is 0. The van der Waals surface area contributed by atoms with E-state index in [0.717, 1.165) is 5.69 Å². The van der Waals surface area contributed by atoms with Crippen LogP contribution in [0.15, 0.2) is 36.5 Å². The summed E-state index contributed by atoms with van der Waals surface area (Å²) >= 11 is 0. The van der Waals surface area contributed by atoms with E-state index in [-0.39, 0.29) is 6.61 Å². The van der Waals surface area contributed by atoms with Crippen LogP contribution in [-0.4, -0.2) is 26.7 Å². The summed E-state index contributed by atoms with van der Waals surface area (Å²) in [5, 5.41) is 16.7. The van der Waals surface area contributed by atoms with Gasteiger partial charge >= 0.3 is 0 Å². The predicted octanol–water partition coefficient (Wildman–Crippen LogP) is 0.259. The lowest BCUT2D eigenvalue weighted by Gasteiger charge is -2.01. The molecule has 0 aliphatic carbocycles. The molecule has 5 heteroatoms. The van der Waals surface area contributed by atoms with E-state index in [1.165, 1.54) is 0 Å². The van der Waals surface area contributed by atoms with Gasteiger partial charge in [0.05, 0.1) is 24.5 Å². The molecule has 2 rings (SSSR count). The number of para-hydroxylation sites is 1. The SMILES string of the molecule is NC(CO)c1cn(-c2ccccc2)nn1. The van der Waals surface area contributed by atoms with Gasteiger partial charge in [-0.1, -0.05) is 23.4 Å². The summed E-state index contributed by atoms with van der Waals surface area (Å²) in [4.78, 5) is 0. The highest BCUT2D eigenvalue weighted by atomic mass is 16.3. The van der Waals surface area contributed by atoms with Gasteiger partial charge in [0.25, 0.3) is 0 Å². The molecular weight excluding hydrogens is 192 g/mol. The Morgan fingerprint density at radius 1 is 1.33 bits per heavy atom. The normalized spacial score (nSPS) is 12.7. The fraction of sp³-hybridized carbons (Fsp3) is 0.200. The van der Waals surface area contributed by atoms with Crippen LogP contribution in [0.3, 0.4) is 0 Å². The second-order valence-electron chi connectivity index (χ2n) is 3.21. The van der Waals surface area contributed by atoms with E-state index in [1.807, 2.05) is 30.3 Å². The predicted molar refractivity (Wildman–Crippen MR) is 55.4 cm³/mol. The lowest BCUT2D eigenvalue weighted by Crippen LogP contribution is -2.14. The van der Waals surface area contributed by atoms with Gasteiger partial charge in [-0.25, -0.2) is 4.68 Å². The van der Waals surface area contributed by atoms with Gasteiger partial charge in [-0.15, -0.1) is 5.10 Å². The van der Waals surface area contributed by atoms with Crippen molar-refractivity contribution in [3.63, 3.8) is 0 Å². The molecular formula is C10H12N4O. The molecule has 0 fully saturated rings. The van der Waals surface area contributed by atoms with Crippen LogP contribution in [0.1, 0.15) is 11.7 Å². The topological polar surface area (TPSA) is 77.0 Å². The summed E-state index contributed by atoms with van der Waals surface area (Å²) in [5.41, 5.74) is 7.12. The molecule has 78 valence electrons. The Labute approximate surface area is 87.1 Å². The molecule has 0 aliphatic heterocycles. The van der Waals surface area contributed by atoms with Crippen LogP contribution in [0.5, 0.6) is 0 Å². The number of benzene rings is 1. The van der Waals surface area contributed by atoms with Gasteiger partial charge in [0, 0.05) is 0 Å². The first-order chi connectivity index (χ1) is 7.31. The second-order valence-corrected chi connectivity index (χ2v) is 3.21. The van der Waals surface area contributed by atoms with E-state index < -0.39 is 6.04 Å². The average molecular weight is 204 g/mol. The van der Waals surface area contributed by atoms with Crippen LogP contribution in [0.25, 0.3) is 5.69 Å². The Kier molecular flexibility index (Phi) is 2.75. The summed E-state index contributed by atoms with van der Waals surface area (Å²) < 4.78 is 1.63. The monoisotopic (exact) mass is 204 g/mol. The van der Waals surface area contributed by atoms with Crippen molar-refractivity contribution in [3.8, 4) is 5.69 Å². The van der Waals surface area contributed by atoms with Crippen molar-refractivity contribution >= 4 is 0 Å². The number of rotatable bonds is 3. The molecule has 15 heavy (non-hydrogen) atoms. The molecule has 0 spiro atoms. The highest BCUT2D eigenvalue weighted by molar-refractivity contribution is 5.30. The molecule has 3 N–H and O–H groups in total. The molecule has 0 saturated carbocycles. The Hall–Kier alpha value is -1.72. The zero-order valence-electron chi connectivity index (χ0n) is 8.11. The largest absolute Gasteiger partial charge is 0.394 e. The maximum Gasteiger partial charge on any atom is 0.102 e. The minimum Gasteiger partial charge on any atom is -0.394 e. The number of aliphatic hydroxyl groups excluding tert-OH is 1. The zero-order valence-corrected chi connectivity index (χ0v) is 8.11. The number of hydrogen-bond acceptors (Lipinski definition) is 4. The fourth-order valence-corrected chi connectivity index (χ4v) is 1.25. The van der Waals surface area contributed by atoms with E-state index in [4.69, 9.17) is 10.8 Å². The van der Waals surface area contributed by atoms with Gasteiger partial charge in [0.2, 0.25) is 0 Å². The number of aliphatic hydroxyl groups is 1. The minimum atomic E-state index is -0.470. The van der Waals surface area contributed by atoms with Gasteiger partial charge in [-0.05, 0) is 12.1 Å². The number of hydrogen-bond donors (Lipinski definition) is 2. The third-order valence-electron chi connectivity index (χ3n) is 2.11. The van der Waals surface area contributed by atoms with Crippen molar-refractivity contribution in [3.05, 3.63) is 42.2 Å². The third kappa shape index (κ3) is 2.03. The highest BCUT2D eigenvalue weighted by Crippen LogP contribution is 2.09. The molecule has 1 aromatic carbocycles. The van der Waals surface area contributed by atoms with Gasteiger partial charge in [0.15, 0.2) is 0 Å². The summed E-state index contributed by atoms with van der Waals surface area (Å²) in [6.07, 6.45) is 1.72. The minimum absolute atomic E-state index is 0.131. The van der Waals surface area contributed by atoms with Crippen molar-refractivity contribution < 1.29 is 5.11 Å². The lowest BCUT2D eigenvalue weighted by atomic mass is 10.2. The zero-order chi connectivity index (χ0) is 10.7. The van der Waals surface area contributed by atoms with Gasteiger partial charge in [0.1, 0.15) is 5.69 Å². The van der Waals surface area contributed by atoms with Crippen LogP contribution in [0, 0.1) is 0 Å². The Morgan fingerprint density at radius 2 is 2.07 bits per heavy atom. The molecule has 1 heterocycles. The third-order valence-corrected chi connectivity index (χ3v) is 2.11.